The number of benzene rings is 2. The predicted molar refractivity (Wildman–Crippen MR) is 164 cm³/mol. The highest BCUT2D eigenvalue weighted by atomic mass is 19.4. The number of carbonyl (C=O) groups is 3. The molecule has 0 spiro atoms. The monoisotopic (exact) mass is 661 g/mol. The molecule has 2 heterocycles. The molecule has 1 saturated carbocycles. The van der Waals surface area contributed by atoms with Gasteiger partial charge in [0.05, 0.1) is 16.9 Å². The van der Waals surface area contributed by atoms with Crippen LogP contribution >= 0.6 is 0 Å². The Balaban J connectivity index is 1.57. The molecule has 2 aliphatic heterocycles. The molecule has 2 fully saturated rings. The van der Waals surface area contributed by atoms with E-state index >= 15 is 13.2 Å². The van der Waals surface area contributed by atoms with Gasteiger partial charge in [0.2, 0.25) is 0 Å². The summed E-state index contributed by atoms with van der Waals surface area (Å²) in [6.07, 6.45) is -1.72. The first-order chi connectivity index (χ1) is 22.1. The summed E-state index contributed by atoms with van der Waals surface area (Å²) in [4.78, 5) is 46.2. The van der Waals surface area contributed by atoms with E-state index in [1.54, 1.807) is 4.90 Å². The van der Waals surface area contributed by atoms with Gasteiger partial charge in [0, 0.05) is 55.8 Å². The summed E-state index contributed by atoms with van der Waals surface area (Å²) in [6, 6.07) is 3.46. The van der Waals surface area contributed by atoms with Crippen LogP contribution in [0.2, 0.25) is 0 Å². The second-order valence-electron chi connectivity index (χ2n) is 12.2. The maximum Gasteiger partial charge on any atom is 0.418 e. The molecule has 0 bridgehead atoms. The zero-order chi connectivity index (χ0) is 34.4. The van der Waals surface area contributed by atoms with Crippen molar-refractivity contribution in [1.29, 1.82) is 0 Å². The van der Waals surface area contributed by atoms with E-state index in [2.05, 4.69) is 15.2 Å². The third kappa shape index (κ3) is 6.84. The van der Waals surface area contributed by atoms with Gasteiger partial charge >= 0.3 is 6.18 Å². The van der Waals surface area contributed by atoms with Crippen molar-refractivity contribution in [1.82, 2.24) is 9.80 Å². The zero-order valence-electron chi connectivity index (χ0n) is 26.1. The molecule has 0 radical (unpaired) electrons. The number of hydrogen-bond acceptors (Lipinski definition) is 5. The Morgan fingerprint density at radius 3 is 2.15 bits per heavy atom. The molecule has 2 atom stereocenters. The van der Waals surface area contributed by atoms with Gasteiger partial charge in [0.25, 0.3) is 17.7 Å². The van der Waals surface area contributed by atoms with Crippen LogP contribution in [0.3, 0.4) is 0 Å². The van der Waals surface area contributed by atoms with Gasteiger partial charge in [-0.2, -0.15) is 18.2 Å². The van der Waals surface area contributed by atoms with Crippen LogP contribution in [-0.4, -0.2) is 84.9 Å². The van der Waals surface area contributed by atoms with Gasteiger partial charge in [0.1, 0.15) is 28.6 Å². The third-order valence-electron chi connectivity index (χ3n) is 9.14. The van der Waals surface area contributed by atoms with Crippen molar-refractivity contribution in [2.75, 3.05) is 37.4 Å². The van der Waals surface area contributed by atoms with Crippen molar-refractivity contribution in [3.05, 3.63) is 64.5 Å². The van der Waals surface area contributed by atoms with E-state index in [-0.39, 0.29) is 46.7 Å². The summed E-state index contributed by atoms with van der Waals surface area (Å²) < 4.78 is 87.9. The molecular weight excluding hydrogens is 628 g/mol. The number of aliphatic imine (C=N–C) groups is 1. The second-order valence-corrected chi connectivity index (χ2v) is 12.2. The van der Waals surface area contributed by atoms with E-state index in [4.69, 9.17) is 0 Å². The minimum absolute atomic E-state index is 0.0420. The van der Waals surface area contributed by atoms with Crippen molar-refractivity contribution in [3.63, 3.8) is 0 Å². The summed E-state index contributed by atoms with van der Waals surface area (Å²) in [6.45, 7) is 4.54. The standard InChI is InChI=1S/C33H33F6N5O3/c1-17-15-44(16-18(2)42(17)3)28-13-24(34)21(11-27(28)41-31(46)22-14-40-29(45)12-23(22)33(37,38)39)19-9-25(35)30(26(36)10-19)32(47)43(4)20-7-5-6-8-20/h9-13,17-18,20H,5-8,15-16H2,1-4H3,(H,41,46)/t17-,18+. The smallest absolute Gasteiger partial charge is 0.367 e. The quantitative estimate of drug-likeness (QED) is 0.392. The summed E-state index contributed by atoms with van der Waals surface area (Å²) in [5.74, 6) is -4.98. The molecular formula is C33H33F6N5O3. The normalized spacial score (nSPS) is 20.7. The lowest BCUT2D eigenvalue weighted by Crippen LogP contribution is -2.55. The Hall–Kier alpha value is -4.42. The maximum atomic E-state index is 15.9. The molecule has 1 N–H and O–H groups in total. The zero-order valence-corrected chi connectivity index (χ0v) is 26.1. The first kappa shape index (κ1) is 33.9. The molecule has 1 saturated heterocycles. The van der Waals surface area contributed by atoms with Crippen molar-refractivity contribution in [2.45, 2.75) is 63.8 Å². The molecule has 47 heavy (non-hydrogen) atoms. The summed E-state index contributed by atoms with van der Waals surface area (Å²) >= 11 is 0. The average Bonchev–Trinajstić information content (AvgIpc) is 3.54. The van der Waals surface area contributed by atoms with E-state index in [9.17, 15) is 27.6 Å². The molecule has 3 amide bonds. The Morgan fingerprint density at radius 1 is 0.979 bits per heavy atom. The fourth-order valence-corrected chi connectivity index (χ4v) is 6.29. The molecule has 3 aliphatic rings. The number of nitrogens with one attached hydrogen (secondary N) is 1. The van der Waals surface area contributed by atoms with Gasteiger partial charge in [0.15, 0.2) is 0 Å². The van der Waals surface area contributed by atoms with Gasteiger partial charge in [-0.15, -0.1) is 0 Å². The van der Waals surface area contributed by atoms with Crippen molar-refractivity contribution < 1.29 is 40.7 Å². The fraction of sp³-hybridized carbons (Fsp3) is 0.424. The van der Waals surface area contributed by atoms with Gasteiger partial charge < -0.3 is 15.1 Å². The minimum Gasteiger partial charge on any atom is -0.367 e. The number of anilines is 2. The number of rotatable bonds is 6. The maximum absolute atomic E-state index is 15.9. The number of hydrogen-bond donors (Lipinski definition) is 1. The topological polar surface area (TPSA) is 85.3 Å². The fourth-order valence-electron chi connectivity index (χ4n) is 6.29. The van der Waals surface area contributed by atoms with Crippen molar-refractivity contribution in [3.8, 4) is 11.1 Å². The van der Waals surface area contributed by atoms with E-state index in [0.717, 1.165) is 37.1 Å². The molecule has 8 nitrogen and oxygen atoms in total. The van der Waals surface area contributed by atoms with Gasteiger partial charge in [-0.3, -0.25) is 19.3 Å². The molecule has 5 rings (SSSR count). The molecule has 14 heteroatoms. The summed E-state index contributed by atoms with van der Waals surface area (Å²) in [7, 11) is 3.38. The van der Waals surface area contributed by atoms with Crippen LogP contribution < -0.4 is 10.2 Å². The number of carbonyl (C=O) groups excluding carboxylic acids is 3. The van der Waals surface area contributed by atoms with Crippen LogP contribution in [-0.2, 0) is 9.59 Å². The third-order valence-corrected chi connectivity index (χ3v) is 9.14. The SMILES string of the molecule is C[C@@H]1CN(c2cc(F)c(-c3cc(F)c(C(=O)N(C)C4CCCC4)c(F)c3)cc2NC(=O)C2=C=NC(=O)C=C2C(F)(F)F)C[C@H](C)N1C. The van der Waals surface area contributed by atoms with Crippen LogP contribution in [0.15, 0.2) is 46.5 Å². The number of likely N-dealkylation sites (N-methyl/N-ethyl adjacent to an activating group) is 1. The van der Waals surface area contributed by atoms with Gasteiger partial charge in [-0.05, 0) is 63.6 Å². The van der Waals surface area contributed by atoms with E-state index in [1.165, 1.54) is 11.9 Å². The minimum atomic E-state index is -5.09. The lowest BCUT2D eigenvalue weighted by molar-refractivity contribution is -0.116. The Labute approximate surface area is 267 Å². The van der Waals surface area contributed by atoms with Crippen LogP contribution in [0, 0.1) is 17.5 Å². The Bertz CT molecular complexity index is 1690. The predicted octanol–water partition coefficient (Wildman–Crippen LogP) is 5.88. The second kappa shape index (κ2) is 13.0. The lowest BCUT2D eigenvalue weighted by Gasteiger charge is -2.44. The highest BCUT2D eigenvalue weighted by Crippen LogP contribution is 2.38. The average molecular weight is 662 g/mol. The summed E-state index contributed by atoms with van der Waals surface area (Å²) in [5, 5.41) is 2.36. The van der Waals surface area contributed by atoms with Gasteiger partial charge in [-0.1, -0.05) is 12.8 Å². The highest BCUT2D eigenvalue weighted by molar-refractivity contribution is 6.17. The van der Waals surface area contributed by atoms with Crippen molar-refractivity contribution in [2.24, 2.45) is 4.99 Å². The largest absolute Gasteiger partial charge is 0.418 e. The van der Waals surface area contributed by atoms with Crippen LogP contribution in [0.4, 0.5) is 37.7 Å². The molecule has 0 unspecified atom stereocenters. The summed E-state index contributed by atoms with van der Waals surface area (Å²) in [5.41, 5.74) is -4.16. The van der Waals surface area contributed by atoms with E-state index in [1.807, 2.05) is 26.8 Å². The molecule has 2 aromatic carbocycles. The van der Waals surface area contributed by atoms with Crippen LogP contribution in [0.5, 0.6) is 0 Å². The van der Waals surface area contributed by atoms with Gasteiger partial charge in [-0.25, -0.2) is 13.2 Å². The first-order valence-corrected chi connectivity index (χ1v) is 15.1. The molecule has 250 valence electrons. The number of nitrogens with zero attached hydrogens (tertiary/aromatic N) is 4. The number of halogens is 6. The first-order valence-electron chi connectivity index (χ1n) is 15.1. The number of piperazine rings is 1. The molecule has 0 aromatic heterocycles. The number of alkyl halides is 3. The van der Waals surface area contributed by atoms with Crippen LogP contribution in [0.25, 0.3) is 11.1 Å². The Kier molecular flexibility index (Phi) is 9.38. The number of amides is 3. The van der Waals surface area contributed by atoms with Crippen LogP contribution in [0.1, 0.15) is 49.9 Å². The Morgan fingerprint density at radius 2 is 1.57 bits per heavy atom. The van der Waals surface area contributed by atoms with E-state index < -0.39 is 58.1 Å². The van der Waals surface area contributed by atoms with Crippen molar-refractivity contribution >= 4 is 35.0 Å². The highest BCUT2D eigenvalue weighted by Gasteiger charge is 2.41. The molecule has 2 aromatic rings. The molecule has 1 aliphatic carbocycles. The van der Waals surface area contributed by atoms with E-state index in [0.29, 0.717) is 25.9 Å². The lowest BCUT2D eigenvalue weighted by atomic mass is 9.98.